The summed E-state index contributed by atoms with van der Waals surface area (Å²) in [7, 11) is 0. The van der Waals surface area contributed by atoms with Gasteiger partial charge in [0.15, 0.2) is 6.17 Å². The SMILES string of the molecule is CC(C)C(F)C(F)(F)C(F)(F)F. The Labute approximate surface area is 65.6 Å². The number of hydrogen-bond acceptors (Lipinski definition) is 0. The lowest BCUT2D eigenvalue weighted by Gasteiger charge is -2.25. The molecule has 0 fully saturated rings. The highest BCUT2D eigenvalue weighted by Crippen LogP contribution is 2.41. The van der Waals surface area contributed by atoms with E-state index in [4.69, 9.17) is 0 Å². The van der Waals surface area contributed by atoms with Crippen LogP contribution >= 0.6 is 0 Å². The van der Waals surface area contributed by atoms with E-state index in [0.717, 1.165) is 13.8 Å². The molecule has 0 aromatic carbocycles. The molecule has 0 saturated heterocycles. The molecule has 74 valence electrons. The molecule has 0 amide bonds. The van der Waals surface area contributed by atoms with Crippen LogP contribution in [-0.4, -0.2) is 18.3 Å². The summed E-state index contributed by atoms with van der Waals surface area (Å²) in [5, 5.41) is 0. The minimum absolute atomic E-state index is 0.963. The molecule has 0 rings (SSSR count). The zero-order chi connectivity index (χ0) is 10.2. The van der Waals surface area contributed by atoms with Crippen molar-refractivity contribution in [2.75, 3.05) is 0 Å². The molecule has 0 bridgehead atoms. The highest BCUT2D eigenvalue weighted by atomic mass is 19.4. The van der Waals surface area contributed by atoms with Crippen molar-refractivity contribution in [3.8, 4) is 0 Å². The Bertz CT molecular complexity index is 147. The summed E-state index contributed by atoms with van der Waals surface area (Å²) in [5.41, 5.74) is 0. The van der Waals surface area contributed by atoms with Crippen LogP contribution < -0.4 is 0 Å². The summed E-state index contributed by atoms with van der Waals surface area (Å²) in [6.45, 7) is 1.93. The van der Waals surface area contributed by atoms with Crippen molar-refractivity contribution >= 4 is 0 Å². The molecule has 0 aliphatic heterocycles. The number of alkyl halides is 6. The Morgan fingerprint density at radius 2 is 1.25 bits per heavy atom. The molecule has 1 unspecified atom stereocenters. The second-order valence-corrected chi connectivity index (χ2v) is 2.77. The van der Waals surface area contributed by atoms with Gasteiger partial charge in [0.1, 0.15) is 0 Å². The van der Waals surface area contributed by atoms with E-state index in [-0.39, 0.29) is 0 Å². The molecule has 0 radical (unpaired) electrons. The number of halogens is 6. The third kappa shape index (κ3) is 2.04. The average Bonchev–Trinajstić information content (AvgIpc) is 1.83. The maximum absolute atomic E-state index is 12.3. The third-order valence-electron chi connectivity index (χ3n) is 1.31. The third-order valence-corrected chi connectivity index (χ3v) is 1.31. The molecule has 0 aliphatic carbocycles. The second-order valence-electron chi connectivity index (χ2n) is 2.77. The standard InChI is InChI=1S/C6H8F6/c1-3(2)4(7)5(8,9)6(10,11)12/h3-4H,1-2H3. The minimum Gasteiger partial charge on any atom is -0.240 e. The molecule has 0 aromatic rings. The maximum Gasteiger partial charge on any atom is 0.456 e. The van der Waals surface area contributed by atoms with Gasteiger partial charge >= 0.3 is 12.1 Å². The molecule has 0 saturated carbocycles. The van der Waals surface area contributed by atoms with E-state index in [1.165, 1.54) is 0 Å². The van der Waals surface area contributed by atoms with Crippen molar-refractivity contribution in [2.45, 2.75) is 32.1 Å². The maximum atomic E-state index is 12.3. The van der Waals surface area contributed by atoms with E-state index in [1.807, 2.05) is 0 Å². The molecule has 0 N–H and O–H groups in total. The van der Waals surface area contributed by atoms with Crippen molar-refractivity contribution in [1.82, 2.24) is 0 Å². The van der Waals surface area contributed by atoms with Crippen LogP contribution in [0.2, 0.25) is 0 Å². The van der Waals surface area contributed by atoms with Gasteiger partial charge in [0.25, 0.3) is 0 Å². The van der Waals surface area contributed by atoms with Gasteiger partial charge in [-0.25, -0.2) is 4.39 Å². The first-order valence-corrected chi connectivity index (χ1v) is 3.19. The lowest BCUT2D eigenvalue weighted by atomic mass is 10.0. The molecule has 6 heteroatoms. The summed E-state index contributed by atoms with van der Waals surface area (Å²) in [6, 6.07) is 0. The quantitative estimate of drug-likeness (QED) is 0.592. The molecule has 0 aliphatic rings. The normalized spacial score (nSPS) is 16.8. The fourth-order valence-corrected chi connectivity index (χ4v) is 0.575. The van der Waals surface area contributed by atoms with Gasteiger partial charge in [-0.3, -0.25) is 0 Å². The van der Waals surface area contributed by atoms with E-state index >= 15 is 0 Å². The van der Waals surface area contributed by atoms with Crippen LogP contribution in [0.1, 0.15) is 13.8 Å². The van der Waals surface area contributed by atoms with Gasteiger partial charge in [0, 0.05) is 0 Å². The van der Waals surface area contributed by atoms with Gasteiger partial charge in [0.2, 0.25) is 0 Å². The summed E-state index contributed by atoms with van der Waals surface area (Å²) in [4.78, 5) is 0. The fourth-order valence-electron chi connectivity index (χ4n) is 0.575. The highest BCUT2D eigenvalue weighted by molar-refractivity contribution is 4.85. The van der Waals surface area contributed by atoms with Gasteiger partial charge in [0.05, 0.1) is 0 Å². The molecule has 0 nitrogen and oxygen atoms in total. The van der Waals surface area contributed by atoms with Crippen molar-refractivity contribution in [3.05, 3.63) is 0 Å². The summed E-state index contributed by atoms with van der Waals surface area (Å²) in [5.74, 6) is -6.61. The number of rotatable bonds is 2. The monoisotopic (exact) mass is 194 g/mol. The van der Waals surface area contributed by atoms with Gasteiger partial charge in [-0.15, -0.1) is 0 Å². The number of hydrogen-bond donors (Lipinski definition) is 0. The zero-order valence-electron chi connectivity index (χ0n) is 6.42. The van der Waals surface area contributed by atoms with Crippen LogP contribution in [0.3, 0.4) is 0 Å². The van der Waals surface area contributed by atoms with E-state index in [1.54, 1.807) is 0 Å². The topological polar surface area (TPSA) is 0 Å². The van der Waals surface area contributed by atoms with Crippen molar-refractivity contribution in [2.24, 2.45) is 5.92 Å². The predicted octanol–water partition coefficient (Wildman–Crippen LogP) is 3.18. The highest BCUT2D eigenvalue weighted by Gasteiger charge is 2.63. The zero-order valence-corrected chi connectivity index (χ0v) is 6.42. The van der Waals surface area contributed by atoms with Crippen LogP contribution in [-0.2, 0) is 0 Å². The van der Waals surface area contributed by atoms with Crippen LogP contribution in [0.4, 0.5) is 26.3 Å². The smallest absolute Gasteiger partial charge is 0.240 e. The molecular weight excluding hydrogens is 186 g/mol. The summed E-state index contributed by atoms with van der Waals surface area (Å²) < 4.78 is 70.8. The van der Waals surface area contributed by atoms with Crippen LogP contribution in [0.25, 0.3) is 0 Å². The average molecular weight is 194 g/mol. The van der Waals surface area contributed by atoms with Crippen molar-refractivity contribution in [3.63, 3.8) is 0 Å². The molecule has 0 heterocycles. The van der Waals surface area contributed by atoms with Gasteiger partial charge < -0.3 is 0 Å². The van der Waals surface area contributed by atoms with Crippen LogP contribution in [0, 0.1) is 5.92 Å². The Hall–Kier alpha value is -0.420. The predicted molar refractivity (Wildman–Crippen MR) is 30.7 cm³/mol. The molecule has 12 heavy (non-hydrogen) atoms. The van der Waals surface area contributed by atoms with Crippen LogP contribution in [0.15, 0.2) is 0 Å². The van der Waals surface area contributed by atoms with Gasteiger partial charge in [-0.1, -0.05) is 13.8 Å². The lowest BCUT2D eigenvalue weighted by molar-refractivity contribution is -0.307. The Morgan fingerprint density at radius 3 is 1.33 bits per heavy atom. The molecule has 0 aromatic heterocycles. The minimum atomic E-state index is -5.81. The fraction of sp³-hybridized carbons (Fsp3) is 1.00. The first-order chi connectivity index (χ1) is 5.10. The van der Waals surface area contributed by atoms with Crippen molar-refractivity contribution in [1.29, 1.82) is 0 Å². The van der Waals surface area contributed by atoms with Crippen molar-refractivity contribution < 1.29 is 26.3 Å². The second kappa shape index (κ2) is 3.14. The van der Waals surface area contributed by atoms with E-state index in [9.17, 15) is 26.3 Å². The molecular formula is C6H8F6. The van der Waals surface area contributed by atoms with Gasteiger partial charge in [-0.05, 0) is 5.92 Å². The molecule has 0 spiro atoms. The van der Waals surface area contributed by atoms with E-state index in [2.05, 4.69) is 0 Å². The Balaban J connectivity index is 4.61. The van der Waals surface area contributed by atoms with Gasteiger partial charge in [-0.2, -0.15) is 22.0 Å². The van der Waals surface area contributed by atoms with Crippen LogP contribution in [0.5, 0.6) is 0 Å². The Kier molecular flexibility index (Phi) is 3.03. The summed E-state index contributed by atoms with van der Waals surface area (Å²) in [6.07, 6.45) is -8.99. The molecule has 1 atom stereocenters. The van der Waals surface area contributed by atoms with E-state index in [0.29, 0.717) is 0 Å². The lowest BCUT2D eigenvalue weighted by Crippen LogP contribution is -2.47. The first-order valence-electron chi connectivity index (χ1n) is 3.19. The van der Waals surface area contributed by atoms with E-state index < -0.39 is 24.2 Å². The summed E-state index contributed by atoms with van der Waals surface area (Å²) >= 11 is 0. The largest absolute Gasteiger partial charge is 0.456 e. The first kappa shape index (κ1) is 11.6. The Morgan fingerprint density at radius 1 is 0.917 bits per heavy atom.